The van der Waals surface area contributed by atoms with Gasteiger partial charge in [0.25, 0.3) is 0 Å². The van der Waals surface area contributed by atoms with E-state index < -0.39 is 0 Å². The number of carbonyl (C=O) groups excluding carboxylic acids is 2. The summed E-state index contributed by atoms with van der Waals surface area (Å²) in [4.78, 5) is 31.2. The maximum Gasteiger partial charge on any atom is 0.229 e. The molecule has 142 valence electrons. The zero-order valence-corrected chi connectivity index (χ0v) is 16.4. The first-order chi connectivity index (χ1) is 13.0. The van der Waals surface area contributed by atoms with Gasteiger partial charge in [-0.2, -0.15) is 0 Å². The number of rotatable bonds is 6. The van der Waals surface area contributed by atoms with Gasteiger partial charge in [0, 0.05) is 29.9 Å². The molecule has 1 aromatic heterocycles. The van der Waals surface area contributed by atoms with Crippen LogP contribution in [0.25, 0.3) is 0 Å². The third-order valence-electron chi connectivity index (χ3n) is 4.99. The van der Waals surface area contributed by atoms with E-state index in [1.165, 1.54) is 0 Å². The second kappa shape index (κ2) is 8.53. The molecule has 5 nitrogen and oxygen atoms in total. The number of benzene rings is 1. The summed E-state index contributed by atoms with van der Waals surface area (Å²) in [5, 5.41) is 3.71. The monoisotopic (exact) mass is 385 g/mol. The molecular formula is C21H24ClN3O2. The maximum atomic E-state index is 12.9. The molecule has 0 bridgehead atoms. The second-order valence-electron chi connectivity index (χ2n) is 6.75. The van der Waals surface area contributed by atoms with E-state index in [9.17, 15) is 9.59 Å². The fourth-order valence-corrected chi connectivity index (χ4v) is 3.77. The third-order valence-corrected chi connectivity index (χ3v) is 5.34. The van der Waals surface area contributed by atoms with E-state index in [4.69, 9.17) is 11.6 Å². The van der Waals surface area contributed by atoms with Crippen LogP contribution in [0.2, 0.25) is 5.02 Å². The summed E-state index contributed by atoms with van der Waals surface area (Å²) in [5.41, 5.74) is 3.62. The molecule has 6 heteroatoms. The lowest BCUT2D eigenvalue weighted by atomic mass is 10.0. The fraction of sp³-hybridized carbons (Fsp3) is 0.381. The summed E-state index contributed by atoms with van der Waals surface area (Å²) < 4.78 is 0. The summed E-state index contributed by atoms with van der Waals surface area (Å²) in [6, 6.07) is 9.44. The maximum absolute atomic E-state index is 12.9. The van der Waals surface area contributed by atoms with Crippen molar-refractivity contribution < 1.29 is 9.59 Å². The first kappa shape index (κ1) is 19.4. The van der Waals surface area contributed by atoms with E-state index in [1.54, 1.807) is 11.1 Å². The Bertz CT molecular complexity index is 839. The highest BCUT2D eigenvalue weighted by molar-refractivity contribution is 6.32. The van der Waals surface area contributed by atoms with Crippen molar-refractivity contribution in [3.8, 4) is 0 Å². The van der Waals surface area contributed by atoms with Crippen molar-refractivity contribution in [2.75, 3.05) is 11.9 Å². The Hall–Kier alpha value is -2.40. The number of likely N-dealkylation sites (tertiary alicyclic amines) is 1. The second-order valence-corrected chi connectivity index (χ2v) is 7.16. The molecule has 0 radical (unpaired) electrons. The standard InChI is InChI=1S/C21H24ClN3O2/c1-3-14-8-9-18(22)17(4-2)20(14)24-21(27)15-11-19(26)25(12-15)13-16-7-5-6-10-23-16/h5-10,15H,3-4,11-13H2,1-2H3,(H,24,27)/t15-/m0/s1. The average molecular weight is 386 g/mol. The molecule has 1 atom stereocenters. The molecule has 0 unspecified atom stereocenters. The van der Waals surface area contributed by atoms with Crippen LogP contribution in [0.5, 0.6) is 0 Å². The van der Waals surface area contributed by atoms with Crippen molar-refractivity contribution in [2.24, 2.45) is 5.92 Å². The minimum absolute atomic E-state index is 0.0154. The van der Waals surface area contributed by atoms with Gasteiger partial charge in [0.15, 0.2) is 0 Å². The highest BCUT2D eigenvalue weighted by Gasteiger charge is 2.34. The van der Waals surface area contributed by atoms with Crippen LogP contribution in [-0.4, -0.2) is 28.2 Å². The van der Waals surface area contributed by atoms with Crippen LogP contribution in [0.4, 0.5) is 5.69 Å². The highest BCUT2D eigenvalue weighted by atomic mass is 35.5. The highest BCUT2D eigenvalue weighted by Crippen LogP contribution is 2.31. The molecule has 2 heterocycles. The van der Waals surface area contributed by atoms with Crippen LogP contribution in [0.15, 0.2) is 36.5 Å². The molecule has 0 aliphatic carbocycles. The van der Waals surface area contributed by atoms with Crippen molar-refractivity contribution in [3.63, 3.8) is 0 Å². The lowest BCUT2D eigenvalue weighted by Gasteiger charge is -2.19. The molecule has 1 N–H and O–H groups in total. The lowest BCUT2D eigenvalue weighted by molar-refractivity contribution is -0.128. The number of hydrogen-bond acceptors (Lipinski definition) is 3. The lowest BCUT2D eigenvalue weighted by Crippen LogP contribution is -2.28. The number of amides is 2. The predicted octanol–water partition coefficient (Wildman–Crippen LogP) is 3.85. The largest absolute Gasteiger partial charge is 0.336 e. The van der Waals surface area contributed by atoms with Gasteiger partial charge in [-0.1, -0.05) is 37.6 Å². The van der Waals surface area contributed by atoms with Crippen molar-refractivity contribution in [1.29, 1.82) is 0 Å². The molecule has 2 aromatic rings. The SMILES string of the molecule is CCc1ccc(Cl)c(CC)c1NC(=O)[C@H]1CC(=O)N(Cc2ccccn2)C1. The van der Waals surface area contributed by atoms with Gasteiger partial charge in [-0.25, -0.2) is 0 Å². The summed E-state index contributed by atoms with van der Waals surface area (Å²) in [6.07, 6.45) is 3.47. The smallest absolute Gasteiger partial charge is 0.229 e. The first-order valence-corrected chi connectivity index (χ1v) is 9.70. The molecule has 1 saturated heterocycles. The molecule has 1 aliphatic heterocycles. The first-order valence-electron chi connectivity index (χ1n) is 9.32. The molecule has 27 heavy (non-hydrogen) atoms. The van der Waals surface area contributed by atoms with Crippen LogP contribution in [0.1, 0.15) is 37.1 Å². The normalized spacial score (nSPS) is 16.6. The Morgan fingerprint density at radius 1 is 1.26 bits per heavy atom. The number of nitrogens with one attached hydrogen (secondary N) is 1. The Kier molecular flexibility index (Phi) is 6.11. The van der Waals surface area contributed by atoms with E-state index in [1.807, 2.05) is 44.2 Å². The van der Waals surface area contributed by atoms with E-state index in [0.717, 1.165) is 35.3 Å². The van der Waals surface area contributed by atoms with Crippen molar-refractivity contribution in [1.82, 2.24) is 9.88 Å². The van der Waals surface area contributed by atoms with Crippen LogP contribution in [0.3, 0.4) is 0 Å². The Morgan fingerprint density at radius 3 is 2.74 bits per heavy atom. The van der Waals surface area contributed by atoms with Gasteiger partial charge >= 0.3 is 0 Å². The zero-order chi connectivity index (χ0) is 19.4. The van der Waals surface area contributed by atoms with E-state index in [-0.39, 0.29) is 24.2 Å². The summed E-state index contributed by atoms with van der Waals surface area (Å²) >= 11 is 6.32. The number of pyridine rings is 1. The molecule has 0 saturated carbocycles. The molecule has 1 aliphatic rings. The molecule has 1 aromatic carbocycles. The summed E-state index contributed by atoms with van der Waals surface area (Å²) in [6.45, 7) is 4.90. The molecule has 0 spiro atoms. The topological polar surface area (TPSA) is 62.3 Å². The van der Waals surface area contributed by atoms with Crippen LogP contribution in [0, 0.1) is 5.92 Å². The van der Waals surface area contributed by atoms with Gasteiger partial charge in [-0.3, -0.25) is 14.6 Å². The van der Waals surface area contributed by atoms with Gasteiger partial charge in [0.2, 0.25) is 11.8 Å². The predicted molar refractivity (Wildman–Crippen MR) is 107 cm³/mol. The quantitative estimate of drug-likeness (QED) is 0.821. The summed E-state index contributed by atoms with van der Waals surface area (Å²) in [5.74, 6) is -0.508. The van der Waals surface area contributed by atoms with Crippen molar-refractivity contribution in [2.45, 2.75) is 39.7 Å². The Balaban J connectivity index is 1.72. The molecule has 1 fully saturated rings. The van der Waals surface area contributed by atoms with E-state index >= 15 is 0 Å². The minimum Gasteiger partial charge on any atom is -0.336 e. The number of halogens is 1. The fourth-order valence-electron chi connectivity index (χ4n) is 3.48. The van der Waals surface area contributed by atoms with Crippen LogP contribution < -0.4 is 5.32 Å². The van der Waals surface area contributed by atoms with Crippen molar-refractivity contribution in [3.05, 3.63) is 58.4 Å². The number of aromatic nitrogens is 1. The van der Waals surface area contributed by atoms with Crippen LogP contribution in [-0.2, 0) is 29.0 Å². The third kappa shape index (κ3) is 4.30. The van der Waals surface area contributed by atoms with Gasteiger partial charge in [-0.05, 0) is 42.2 Å². The number of nitrogens with zero attached hydrogens (tertiary/aromatic N) is 2. The molecule has 3 rings (SSSR count). The van der Waals surface area contributed by atoms with E-state index in [2.05, 4.69) is 10.3 Å². The Morgan fingerprint density at radius 2 is 2.07 bits per heavy atom. The minimum atomic E-state index is -0.366. The van der Waals surface area contributed by atoms with Gasteiger partial charge in [-0.15, -0.1) is 0 Å². The number of anilines is 1. The van der Waals surface area contributed by atoms with Gasteiger partial charge < -0.3 is 10.2 Å². The summed E-state index contributed by atoms with van der Waals surface area (Å²) in [7, 11) is 0. The van der Waals surface area contributed by atoms with Crippen molar-refractivity contribution >= 4 is 29.1 Å². The average Bonchev–Trinajstić information content (AvgIpc) is 3.03. The molecule has 2 amide bonds. The number of carbonyl (C=O) groups is 2. The van der Waals surface area contributed by atoms with Gasteiger partial charge in [0.05, 0.1) is 18.2 Å². The zero-order valence-electron chi connectivity index (χ0n) is 15.7. The van der Waals surface area contributed by atoms with Gasteiger partial charge in [0.1, 0.15) is 0 Å². The van der Waals surface area contributed by atoms with E-state index in [0.29, 0.717) is 18.1 Å². The Labute approximate surface area is 164 Å². The number of aryl methyl sites for hydroxylation is 1. The van der Waals surface area contributed by atoms with Crippen LogP contribution >= 0.6 is 11.6 Å². The molecular weight excluding hydrogens is 362 g/mol. The number of hydrogen-bond donors (Lipinski definition) is 1.